The number of fused-ring (bicyclic) bond motifs is 2. The van der Waals surface area contributed by atoms with Gasteiger partial charge in [0, 0.05) is 12.6 Å². The van der Waals surface area contributed by atoms with Crippen LogP contribution in [0.25, 0.3) is 12.3 Å². The molecule has 3 rings (SSSR count). The molecule has 0 saturated carbocycles. The Bertz CT molecular complexity index is 632. The van der Waals surface area contributed by atoms with Crippen LogP contribution >= 0.6 is 0 Å². The minimum atomic E-state index is 0.536. The fourth-order valence-electron chi connectivity index (χ4n) is 2.15. The fourth-order valence-corrected chi connectivity index (χ4v) is 2.15. The molecule has 5 nitrogen and oxygen atoms in total. The van der Waals surface area contributed by atoms with Gasteiger partial charge in [0.05, 0.1) is 13.7 Å². The maximum absolute atomic E-state index is 5.46. The molecule has 1 aromatic carbocycles. The highest BCUT2D eigenvalue weighted by Gasteiger charge is 2.16. The number of benzene rings is 1. The highest BCUT2D eigenvalue weighted by Crippen LogP contribution is 2.26. The molecule has 0 spiro atoms. The third kappa shape index (κ3) is 2.07. The zero-order chi connectivity index (χ0) is 13.2. The van der Waals surface area contributed by atoms with Gasteiger partial charge in [-0.15, -0.1) is 5.10 Å². The maximum Gasteiger partial charge on any atom is 0.321 e. The van der Waals surface area contributed by atoms with Gasteiger partial charge in [-0.3, -0.25) is 4.57 Å². The van der Waals surface area contributed by atoms with Gasteiger partial charge in [0.2, 0.25) is 0 Å². The van der Waals surface area contributed by atoms with Crippen molar-refractivity contribution in [2.75, 3.05) is 13.7 Å². The molecule has 0 unspecified atom stereocenters. The van der Waals surface area contributed by atoms with Gasteiger partial charge in [0.25, 0.3) is 0 Å². The lowest BCUT2D eigenvalue weighted by atomic mass is 10.0. The first-order chi connectivity index (χ1) is 9.31. The molecule has 0 aliphatic carbocycles. The molecule has 98 valence electrons. The van der Waals surface area contributed by atoms with Gasteiger partial charge in [-0.1, -0.05) is 11.2 Å². The van der Waals surface area contributed by atoms with Crippen LogP contribution in [-0.4, -0.2) is 28.5 Å². The number of ether oxygens (including phenoxy) is 2. The van der Waals surface area contributed by atoms with Crippen molar-refractivity contribution in [2.45, 2.75) is 13.3 Å². The quantitative estimate of drug-likeness (QED) is 0.722. The number of hydrogen-bond donors (Lipinski definition) is 0. The predicted molar refractivity (Wildman–Crippen MR) is 72.2 cm³/mol. The molecule has 0 bridgehead atoms. The maximum atomic E-state index is 5.46. The van der Waals surface area contributed by atoms with E-state index in [9.17, 15) is 0 Å². The summed E-state index contributed by atoms with van der Waals surface area (Å²) in [5.41, 5.74) is 2.33. The van der Waals surface area contributed by atoms with Gasteiger partial charge in [-0.25, -0.2) is 0 Å². The molecule has 2 aromatic rings. The lowest BCUT2D eigenvalue weighted by Gasteiger charge is -2.05. The Morgan fingerprint density at radius 3 is 3.00 bits per heavy atom. The van der Waals surface area contributed by atoms with Gasteiger partial charge >= 0.3 is 6.01 Å². The van der Waals surface area contributed by atoms with Crippen molar-refractivity contribution >= 4 is 12.3 Å². The van der Waals surface area contributed by atoms with Crippen molar-refractivity contribution in [1.82, 2.24) is 14.8 Å². The number of nitrogens with zero attached hydrogens (tertiary/aromatic N) is 3. The second-order valence-corrected chi connectivity index (χ2v) is 4.26. The molecule has 5 heteroatoms. The monoisotopic (exact) mass is 257 g/mol. The molecule has 0 radical (unpaired) electrons. The summed E-state index contributed by atoms with van der Waals surface area (Å²) in [5, 5.41) is 8.23. The number of aromatic nitrogens is 3. The van der Waals surface area contributed by atoms with E-state index in [0.29, 0.717) is 12.6 Å². The Morgan fingerprint density at radius 1 is 1.32 bits per heavy atom. The van der Waals surface area contributed by atoms with Gasteiger partial charge in [0.15, 0.2) is 0 Å². The van der Waals surface area contributed by atoms with E-state index in [4.69, 9.17) is 9.47 Å². The van der Waals surface area contributed by atoms with Gasteiger partial charge < -0.3 is 9.47 Å². The summed E-state index contributed by atoms with van der Waals surface area (Å²) in [6.45, 7) is 2.51. The minimum absolute atomic E-state index is 0.536. The second-order valence-electron chi connectivity index (χ2n) is 4.26. The normalized spacial score (nSPS) is 12.5. The van der Waals surface area contributed by atoms with Crippen molar-refractivity contribution < 1.29 is 9.47 Å². The van der Waals surface area contributed by atoms with Crippen LogP contribution < -0.4 is 9.47 Å². The largest absolute Gasteiger partial charge is 0.497 e. The van der Waals surface area contributed by atoms with Gasteiger partial charge in [0.1, 0.15) is 11.6 Å². The van der Waals surface area contributed by atoms with Gasteiger partial charge in [-0.05, 0) is 36.3 Å². The molecular weight excluding hydrogens is 242 g/mol. The van der Waals surface area contributed by atoms with Crippen LogP contribution in [-0.2, 0) is 6.42 Å². The van der Waals surface area contributed by atoms with Crippen molar-refractivity contribution in [3.05, 3.63) is 35.2 Å². The van der Waals surface area contributed by atoms with E-state index in [2.05, 4.69) is 16.3 Å². The van der Waals surface area contributed by atoms with Crippen LogP contribution in [0.5, 0.6) is 11.8 Å². The molecule has 1 aromatic heterocycles. The van der Waals surface area contributed by atoms with E-state index in [1.165, 1.54) is 5.56 Å². The molecule has 1 aliphatic heterocycles. The van der Waals surface area contributed by atoms with Crippen LogP contribution in [0.4, 0.5) is 0 Å². The van der Waals surface area contributed by atoms with E-state index < -0.39 is 0 Å². The summed E-state index contributed by atoms with van der Waals surface area (Å²) in [6.07, 6.45) is 4.69. The molecule has 0 N–H and O–H groups in total. The Kier molecular flexibility index (Phi) is 2.95. The topological polar surface area (TPSA) is 49.2 Å². The van der Waals surface area contributed by atoms with E-state index >= 15 is 0 Å². The van der Waals surface area contributed by atoms with E-state index in [-0.39, 0.29) is 0 Å². The lowest BCUT2D eigenvalue weighted by molar-refractivity contribution is 0.307. The Morgan fingerprint density at radius 2 is 2.21 bits per heavy atom. The Hall–Kier alpha value is -2.30. The molecule has 0 amide bonds. The zero-order valence-electron chi connectivity index (χ0n) is 11.0. The third-order valence-corrected chi connectivity index (χ3v) is 3.11. The first kappa shape index (κ1) is 11.8. The first-order valence-corrected chi connectivity index (χ1v) is 6.23. The highest BCUT2D eigenvalue weighted by molar-refractivity contribution is 5.67. The van der Waals surface area contributed by atoms with Crippen LogP contribution in [0.15, 0.2) is 18.2 Å². The average Bonchev–Trinajstić information content (AvgIpc) is 2.70. The molecule has 2 heterocycles. The van der Waals surface area contributed by atoms with Crippen molar-refractivity contribution in [3.8, 4) is 11.8 Å². The number of methoxy groups -OCH3 is 1. The molecular formula is C14H15N3O2. The summed E-state index contributed by atoms with van der Waals surface area (Å²) in [6, 6.07) is 6.57. The minimum Gasteiger partial charge on any atom is -0.497 e. The van der Waals surface area contributed by atoms with Crippen LogP contribution in [0.2, 0.25) is 0 Å². The van der Waals surface area contributed by atoms with Crippen LogP contribution in [0, 0.1) is 0 Å². The highest BCUT2D eigenvalue weighted by atomic mass is 16.5. The fraction of sp³-hybridized carbons (Fsp3) is 0.286. The Balaban J connectivity index is 2.03. The summed E-state index contributed by atoms with van der Waals surface area (Å²) in [4.78, 5) is 0. The van der Waals surface area contributed by atoms with E-state index in [0.717, 1.165) is 23.6 Å². The third-order valence-electron chi connectivity index (χ3n) is 3.11. The first-order valence-electron chi connectivity index (χ1n) is 6.23. The van der Waals surface area contributed by atoms with Crippen molar-refractivity contribution in [1.29, 1.82) is 0 Å². The predicted octanol–water partition coefficient (Wildman–Crippen LogP) is 2.22. The SMILES string of the molecule is CCOc1nnc2n1C=Cc1cc(OC)ccc1C2. The van der Waals surface area contributed by atoms with Crippen molar-refractivity contribution in [2.24, 2.45) is 0 Å². The smallest absolute Gasteiger partial charge is 0.321 e. The molecule has 0 fully saturated rings. The van der Waals surface area contributed by atoms with Crippen molar-refractivity contribution in [3.63, 3.8) is 0 Å². The van der Waals surface area contributed by atoms with Gasteiger partial charge in [-0.2, -0.15) is 0 Å². The summed E-state index contributed by atoms with van der Waals surface area (Å²) in [5.74, 6) is 1.73. The second kappa shape index (κ2) is 4.76. The lowest BCUT2D eigenvalue weighted by Crippen LogP contribution is -2.01. The van der Waals surface area contributed by atoms with E-state index in [1.807, 2.05) is 35.9 Å². The number of hydrogen-bond acceptors (Lipinski definition) is 4. The van der Waals surface area contributed by atoms with Crippen LogP contribution in [0.3, 0.4) is 0 Å². The zero-order valence-corrected chi connectivity index (χ0v) is 11.0. The number of rotatable bonds is 3. The molecule has 1 aliphatic rings. The summed E-state index contributed by atoms with van der Waals surface area (Å²) in [7, 11) is 1.67. The van der Waals surface area contributed by atoms with E-state index in [1.54, 1.807) is 7.11 Å². The Labute approximate surface area is 111 Å². The molecule has 0 atom stereocenters. The standard InChI is InChI=1S/C14H15N3O2/c1-3-19-14-16-15-13-9-10-4-5-12(18-2)8-11(10)6-7-17(13)14/h4-8H,3,9H2,1-2H3. The molecule has 19 heavy (non-hydrogen) atoms. The average molecular weight is 257 g/mol. The summed E-state index contributed by atoms with van der Waals surface area (Å²) < 4.78 is 12.6. The molecule has 0 saturated heterocycles. The van der Waals surface area contributed by atoms with Crippen LogP contribution in [0.1, 0.15) is 23.9 Å². The summed E-state index contributed by atoms with van der Waals surface area (Å²) >= 11 is 0.